The third kappa shape index (κ3) is 59.6. The van der Waals surface area contributed by atoms with Crippen LogP contribution in [0, 0.1) is 0 Å². The number of nitrogens with zero attached hydrogens (tertiary/aromatic N) is 1. The molecule has 0 bridgehead atoms. The zero-order valence-electron chi connectivity index (χ0n) is 52.3. The van der Waals surface area contributed by atoms with Gasteiger partial charge < -0.3 is 28.5 Å². The van der Waals surface area contributed by atoms with Crippen molar-refractivity contribution >= 4 is 19.7 Å². The summed E-state index contributed by atoms with van der Waals surface area (Å²) in [7, 11) is 1.16. The maximum absolute atomic E-state index is 13.6. The van der Waals surface area contributed by atoms with E-state index in [0.29, 0.717) is 23.9 Å². The number of ether oxygens (including phenoxy) is 1. The summed E-state index contributed by atoms with van der Waals surface area (Å²) in [5.41, 5.74) is 0. The minimum absolute atomic E-state index is 0.0305. The fraction of sp³-hybridized carbons (Fsp3) is 0.768. The SMILES string of the molecule is CCCCC/C=C\C/C=C\C/C=C\C/C=C\CCCCCC(=O)OC(/C=C\CCCCCCCCCCC)C(COP(=O)([O-])OCC[N+](C)(C)C)NC(=O)CCCCCCCCCCCCCCC/C=C\C/C=C\CCCCC. The quantitative estimate of drug-likeness (QED) is 0.0212. The number of phosphoric ester groups is 1. The van der Waals surface area contributed by atoms with Crippen LogP contribution in [0.5, 0.6) is 0 Å². The van der Waals surface area contributed by atoms with Crippen molar-refractivity contribution in [3.63, 3.8) is 0 Å². The van der Waals surface area contributed by atoms with Gasteiger partial charge in [-0.15, -0.1) is 0 Å². The zero-order valence-corrected chi connectivity index (χ0v) is 53.2. The highest BCUT2D eigenvalue weighted by molar-refractivity contribution is 7.45. The van der Waals surface area contributed by atoms with E-state index in [1.54, 1.807) is 0 Å². The predicted molar refractivity (Wildman–Crippen MR) is 339 cm³/mol. The first-order chi connectivity index (χ1) is 38.4. The number of carbonyl (C=O) groups excluding carboxylic acids is 2. The highest BCUT2D eigenvalue weighted by Crippen LogP contribution is 2.38. The van der Waals surface area contributed by atoms with E-state index in [9.17, 15) is 19.0 Å². The van der Waals surface area contributed by atoms with Crippen LogP contribution >= 0.6 is 7.82 Å². The monoisotopic (exact) mass is 1120 g/mol. The Labute approximate surface area is 488 Å². The molecule has 0 fully saturated rings. The predicted octanol–water partition coefficient (Wildman–Crippen LogP) is 19.9. The number of allylic oxidation sites excluding steroid dienone is 13. The number of unbranched alkanes of at least 4 members (excludes halogenated alkanes) is 31. The highest BCUT2D eigenvalue weighted by atomic mass is 31.2. The number of amides is 1. The summed E-state index contributed by atoms with van der Waals surface area (Å²) in [6.45, 7) is 6.77. The number of phosphoric acid groups is 1. The molecule has 0 aromatic heterocycles. The van der Waals surface area contributed by atoms with Crippen LogP contribution < -0.4 is 10.2 Å². The minimum atomic E-state index is -4.71. The molecule has 0 aromatic rings. The van der Waals surface area contributed by atoms with Crippen LogP contribution in [0.15, 0.2) is 85.1 Å². The standard InChI is InChI=1S/C69H125N2O7P/c1-7-10-13-16-19-22-25-27-29-31-33-34-35-36-38-39-41-43-46-49-52-55-58-61-68(72)70-66(65-77-79(74,75)76-64-63-71(4,5)6)67(60-57-54-51-48-45-24-21-18-15-12-9-3)78-69(73)62-59-56-53-50-47-44-42-40-37-32-30-28-26-23-20-17-14-11-8-2/h19-20,22-23,27-30,37,40,44,47,57,60,66-67H,7-18,21,24-26,31-36,38-39,41-43,45-46,48-56,58-59,61-65H2,1-6H3,(H-,70,72,74,75)/b22-19-,23-20-,29-27-,30-28-,40-37-,47-44-,60-57-. The molecular weight excluding hydrogens is 1000 g/mol. The van der Waals surface area contributed by atoms with Crippen LogP contribution in [0.4, 0.5) is 0 Å². The van der Waals surface area contributed by atoms with Gasteiger partial charge >= 0.3 is 5.97 Å². The summed E-state index contributed by atoms with van der Waals surface area (Å²) in [4.78, 5) is 40.0. The summed E-state index contributed by atoms with van der Waals surface area (Å²) in [5.74, 6) is -0.576. The average Bonchev–Trinajstić information content (AvgIpc) is 3.41. The van der Waals surface area contributed by atoms with Crippen LogP contribution in [0.25, 0.3) is 0 Å². The maximum Gasteiger partial charge on any atom is 0.306 e. The van der Waals surface area contributed by atoms with Crippen LogP contribution in [0.3, 0.4) is 0 Å². The normalized spacial score (nSPS) is 14.2. The summed E-state index contributed by atoms with van der Waals surface area (Å²) < 4.78 is 30.3. The van der Waals surface area contributed by atoms with Crippen molar-refractivity contribution in [1.82, 2.24) is 5.32 Å². The molecule has 10 heteroatoms. The van der Waals surface area contributed by atoms with Gasteiger partial charge in [-0.1, -0.05) is 254 Å². The van der Waals surface area contributed by atoms with Gasteiger partial charge in [-0.25, -0.2) is 0 Å². The van der Waals surface area contributed by atoms with Crippen LogP contribution in [0.2, 0.25) is 0 Å². The lowest BCUT2D eigenvalue weighted by Gasteiger charge is -2.30. The topological polar surface area (TPSA) is 114 Å². The van der Waals surface area contributed by atoms with E-state index in [1.165, 1.54) is 167 Å². The number of likely N-dealkylation sites (N-methyl/N-ethyl adjacent to an activating group) is 1. The molecule has 3 unspecified atom stereocenters. The molecule has 3 atom stereocenters. The summed E-state index contributed by atoms with van der Waals surface area (Å²) >= 11 is 0. The zero-order chi connectivity index (χ0) is 57.9. The second-order valence-electron chi connectivity index (χ2n) is 23.3. The van der Waals surface area contributed by atoms with Crippen LogP contribution in [-0.4, -0.2) is 69.4 Å². The first-order valence-electron chi connectivity index (χ1n) is 32.9. The lowest BCUT2D eigenvalue weighted by molar-refractivity contribution is -0.870. The van der Waals surface area contributed by atoms with Gasteiger partial charge in [0.15, 0.2) is 0 Å². The van der Waals surface area contributed by atoms with Crippen LogP contribution in [-0.2, 0) is 27.9 Å². The Morgan fingerprint density at radius 2 is 0.772 bits per heavy atom. The molecule has 0 aliphatic heterocycles. The van der Waals surface area contributed by atoms with Gasteiger partial charge in [-0.3, -0.25) is 14.2 Å². The molecule has 0 aliphatic carbocycles. The Balaban J connectivity index is 5.17. The molecule has 1 amide bonds. The Kier molecular flexibility index (Phi) is 56.3. The highest BCUT2D eigenvalue weighted by Gasteiger charge is 2.27. The second-order valence-corrected chi connectivity index (χ2v) is 24.7. The van der Waals surface area contributed by atoms with E-state index in [2.05, 4.69) is 99.0 Å². The summed E-state index contributed by atoms with van der Waals surface area (Å²) in [6.07, 6.45) is 77.0. The first kappa shape index (κ1) is 76.2. The lowest BCUT2D eigenvalue weighted by atomic mass is 10.0. The van der Waals surface area contributed by atoms with Crippen molar-refractivity contribution in [2.45, 2.75) is 303 Å². The number of esters is 1. The van der Waals surface area contributed by atoms with Crippen molar-refractivity contribution in [1.29, 1.82) is 0 Å². The molecule has 79 heavy (non-hydrogen) atoms. The molecule has 0 heterocycles. The molecule has 0 spiro atoms. The maximum atomic E-state index is 13.6. The Bertz CT molecular complexity index is 1630. The fourth-order valence-corrected chi connectivity index (χ4v) is 9.91. The van der Waals surface area contributed by atoms with Crippen molar-refractivity contribution < 1.29 is 37.3 Å². The lowest BCUT2D eigenvalue weighted by Crippen LogP contribution is -2.47. The number of hydrogen-bond acceptors (Lipinski definition) is 7. The number of hydrogen-bond donors (Lipinski definition) is 1. The van der Waals surface area contributed by atoms with E-state index in [4.69, 9.17) is 13.8 Å². The van der Waals surface area contributed by atoms with E-state index < -0.39 is 26.6 Å². The molecule has 458 valence electrons. The molecular formula is C69H125N2O7P. The Morgan fingerprint density at radius 3 is 1.19 bits per heavy atom. The molecule has 0 radical (unpaired) electrons. The smallest absolute Gasteiger partial charge is 0.306 e. The Morgan fingerprint density at radius 1 is 0.443 bits per heavy atom. The van der Waals surface area contributed by atoms with Crippen molar-refractivity contribution in [3.05, 3.63) is 85.1 Å². The van der Waals surface area contributed by atoms with Crippen molar-refractivity contribution in [2.75, 3.05) is 40.9 Å². The second kappa shape index (κ2) is 58.4. The van der Waals surface area contributed by atoms with Gasteiger partial charge in [-0.2, -0.15) is 0 Å². The average molecular weight is 1130 g/mol. The van der Waals surface area contributed by atoms with E-state index >= 15 is 0 Å². The number of carbonyl (C=O) groups is 2. The summed E-state index contributed by atoms with van der Waals surface area (Å²) in [5, 5.41) is 3.03. The van der Waals surface area contributed by atoms with Gasteiger partial charge in [0.2, 0.25) is 5.91 Å². The number of quaternary nitrogens is 1. The van der Waals surface area contributed by atoms with E-state index in [0.717, 1.165) is 83.5 Å². The Hall–Kier alpha value is -2.81. The van der Waals surface area contributed by atoms with Gasteiger partial charge in [0.05, 0.1) is 33.8 Å². The minimum Gasteiger partial charge on any atom is -0.756 e. The van der Waals surface area contributed by atoms with E-state index in [1.807, 2.05) is 33.3 Å². The van der Waals surface area contributed by atoms with Crippen LogP contribution in [0.1, 0.15) is 290 Å². The third-order valence-corrected chi connectivity index (χ3v) is 15.3. The molecule has 0 aromatic carbocycles. The molecule has 0 saturated heterocycles. The van der Waals surface area contributed by atoms with Gasteiger partial charge in [0.25, 0.3) is 7.82 Å². The van der Waals surface area contributed by atoms with Gasteiger partial charge in [0, 0.05) is 12.8 Å². The third-order valence-electron chi connectivity index (χ3n) is 14.3. The molecule has 0 saturated carbocycles. The van der Waals surface area contributed by atoms with Gasteiger partial charge in [-0.05, 0) is 109 Å². The molecule has 1 N–H and O–H groups in total. The molecule has 0 aliphatic rings. The molecule has 0 rings (SSSR count). The summed E-state index contributed by atoms with van der Waals surface area (Å²) in [6, 6.07) is -0.905. The largest absolute Gasteiger partial charge is 0.756 e. The van der Waals surface area contributed by atoms with Crippen molar-refractivity contribution in [3.8, 4) is 0 Å². The molecule has 9 nitrogen and oxygen atoms in total. The van der Waals surface area contributed by atoms with Gasteiger partial charge in [0.1, 0.15) is 19.3 Å². The fourth-order valence-electron chi connectivity index (χ4n) is 9.18. The number of rotatable bonds is 59. The number of nitrogens with one attached hydrogen (secondary N) is 1. The van der Waals surface area contributed by atoms with Crippen molar-refractivity contribution in [2.24, 2.45) is 0 Å². The first-order valence-corrected chi connectivity index (χ1v) is 34.4. The van der Waals surface area contributed by atoms with E-state index in [-0.39, 0.29) is 24.9 Å².